The van der Waals surface area contributed by atoms with Crippen LogP contribution in [0, 0.1) is 0 Å². The molecular weight excluding hydrogens is 344 g/mol. The first-order valence-corrected chi connectivity index (χ1v) is 8.66. The summed E-state index contributed by atoms with van der Waals surface area (Å²) in [6.45, 7) is 1.69. The quantitative estimate of drug-likeness (QED) is 0.741. The minimum Gasteiger partial charge on any atom is -0.494 e. The van der Waals surface area contributed by atoms with E-state index in [0.29, 0.717) is 16.6 Å². The largest absolute Gasteiger partial charge is 0.494 e. The number of hydrogen-bond acceptors (Lipinski definition) is 7. The van der Waals surface area contributed by atoms with E-state index in [2.05, 4.69) is 26.2 Å². The first kappa shape index (κ1) is 17.2. The Kier molecular flexibility index (Phi) is 5.17. The van der Waals surface area contributed by atoms with Crippen molar-refractivity contribution in [3.63, 3.8) is 0 Å². The minimum atomic E-state index is -0.551. The van der Waals surface area contributed by atoms with Crippen molar-refractivity contribution in [2.45, 2.75) is 36.2 Å². The maximum atomic E-state index is 12.2. The molecule has 0 spiro atoms. The van der Waals surface area contributed by atoms with Crippen LogP contribution in [0.4, 0.5) is 4.79 Å². The Morgan fingerprint density at radius 3 is 2.84 bits per heavy atom. The smallest absolute Gasteiger partial charge is 0.321 e. The fourth-order valence-electron chi connectivity index (χ4n) is 2.08. The molecule has 3 amide bonds. The molecule has 9 nitrogen and oxygen atoms in total. The summed E-state index contributed by atoms with van der Waals surface area (Å²) in [5.74, 6) is 0.204. The second-order valence-corrected chi connectivity index (χ2v) is 6.85. The third-order valence-electron chi connectivity index (χ3n) is 3.55. The summed E-state index contributed by atoms with van der Waals surface area (Å²) in [5.41, 5.74) is 0.664. The number of rotatable bonds is 6. The zero-order valence-corrected chi connectivity index (χ0v) is 14.6. The average molecular weight is 362 g/mol. The van der Waals surface area contributed by atoms with E-state index >= 15 is 0 Å². The Bertz CT molecular complexity index is 776. The number of tetrazole rings is 1. The number of ether oxygens (including phenoxy) is 1. The van der Waals surface area contributed by atoms with Crippen LogP contribution in [0.1, 0.15) is 19.8 Å². The number of hydrogen-bond donors (Lipinski definition) is 2. The van der Waals surface area contributed by atoms with Crippen LogP contribution in [0.3, 0.4) is 0 Å². The number of urea groups is 1. The molecule has 1 fully saturated rings. The van der Waals surface area contributed by atoms with Crippen molar-refractivity contribution in [3.8, 4) is 11.4 Å². The highest BCUT2D eigenvalue weighted by Crippen LogP contribution is 2.27. The zero-order chi connectivity index (χ0) is 17.8. The molecular formula is C15H18N6O3S. The van der Waals surface area contributed by atoms with Gasteiger partial charge in [0.05, 0.1) is 12.4 Å². The van der Waals surface area contributed by atoms with E-state index < -0.39 is 17.2 Å². The Hall–Kier alpha value is -2.62. The number of aromatic nitrogens is 4. The lowest BCUT2D eigenvalue weighted by Crippen LogP contribution is -2.43. The molecule has 1 aliphatic rings. The third-order valence-corrected chi connectivity index (χ3v) is 4.59. The number of amides is 3. The predicted octanol–water partition coefficient (Wildman–Crippen LogP) is 1.14. The van der Waals surface area contributed by atoms with E-state index in [1.807, 2.05) is 18.2 Å². The number of para-hydroxylation sites is 2. The molecule has 25 heavy (non-hydrogen) atoms. The van der Waals surface area contributed by atoms with E-state index in [1.165, 1.54) is 4.68 Å². The molecule has 1 aromatic heterocycles. The highest BCUT2D eigenvalue weighted by Gasteiger charge is 2.26. The summed E-state index contributed by atoms with van der Waals surface area (Å²) < 4.78 is 6.81. The van der Waals surface area contributed by atoms with Gasteiger partial charge in [0.2, 0.25) is 11.1 Å². The van der Waals surface area contributed by atoms with Crippen molar-refractivity contribution in [1.82, 2.24) is 30.8 Å². The number of carbonyl (C=O) groups is 2. The molecule has 0 saturated heterocycles. The minimum absolute atomic E-state index is 0.189. The predicted molar refractivity (Wildman–Crippen MR) is 90.7 cm³/mol. The first-order valence-electron chi connectivity index (χ1n) is 7.78. The highest BCUT2D eigenvalue weighted by atomic mass is 32.2. The molecule has 2 N–H and O–H groups in total. The molecule has 0 bridgehead atoms. The maximum Gasteiger partial charge on any atom is 0.321 e. The van der Waals surface area contributed by atoms with Crippen LogP contribution >= 0.6 is 11.8 Å². The van der Waals surface area contributed by atoms with Gasteiger partial charge in [0.15, 0.2) is 0 Å². The molecule has 1 unspecified atom stereocenters. The van der Waals surface area contributed by atoms with Gasteiger partial charge in [0.1, 0.15) is 11.4 Å². The van der Waals surface area contributed by atoms with Gasteiger partial charge in [-0.05, 0) is 42.3 Å². The first-order chi connectivity index (χ1) is 12.1. The number of carbonyl (C=O) groups excluding carboxylic acids is 2. The number of benzene rings is 1. The van der Waals surface area contributed by atoms with Gasteiger partial charge in [0.25, 0.3) is 0 Å². The molecule has 1 saturated carbocycles. The highest BCUT2D eigenvalue weighted by molar-refractivity contribution is 8.00. The summed E-state index contributed by atoms with van der Waals surface area (Å²) in [7, 11) is 1.56. The lowest BCUT2D eigenvalue weighted by atomic mass is 10.3. The Balaban J connectivity index is 1.67. The molecule has 1 heterocycles. The topological polar surface area (TPSA) is 111 Å². The normalized spacial score (nSPS) is 14.6. The van der Waals surface area contributed by atoms with Crippen LogP contribution in [0.25, 0.3) is 5.69 Å². The summed E-state index contributed by atoms with van der Waals surface area (Å²) in [4.78, 5) is 23.8. The van der Waals surface area contributed by atoms with Gasteiger partial charge in [0, 0.05) is 6.04 Å². The summed E-state index contributed by atoms with van der Waals surface area (Å²) in [5, 5.41) is 16.5. The maximum absolute atomic E-state index is 12.2. The number of nitrogens with zero attached hydrogens (tertiary/aromatic N) is 4. The third kappa shape index (κ3) is 4.27. The number of nitrogens with one attached hydrogen (secondary N) is 2. The van der Waals surface area contributed by atoms with Crippen LogP contribution in [-0.2, 0) is 4.79 Å². The van der Waals surface area contributed by atoms with E-state index in [0.717, 1.165) is 24.6 Å². The van der Waals surface area contributed by atoms with Gasteiger partial charge in [-0.1, -0.05) is 23.9 Å². The van der Waals surface area contributed by atoms with Crippen molar-refractivity contribution < 1.29 is 14.3 Å². The Morgan fingerprint density at radius 1 is 1.36 bits per heavy atom. The van der Waals surface area contributed by atoms with E-state index in [4.69, 9.17) is 4.74 Å². The van der Waals surface area contributed by atoms with E-state index in [1.54, 1.807) is 20.1 Å². The van der Waals surface area contributed by atoms with Crippen molar-refractivity contribution in [2.75, 3.05) is 7.11 Å². The van der Waals surface area contributed by atoms with E-state index in [9.17, 15) is 9.59 Å². The van der Waals surface area contributed by atoms with Crippen LogP contribution in [-0.4, -0.2) is 50.5 Å². The number of imide groups is 1. The van der Waals surface area contributed by atoms with Crippen LogP contribution in [0.2, 0.25) is 0 Å². The van der Waals surface area contributed by atoms with Crippen molar-refractivity contribution in [2.24, 2.45) is 0 Å². The molecule has 0 radical (unpaired) electrons. The summed E-state index contributed by atoms with van der Waals surface area (Å²) in [6.07, 6.45) is 1.92. The van der Waals surface area contributed by atoms with Gasteiger partial charge in [-0.3, -0.25) is 10.1 Å². The molecule has 10 heteroatoms. The second-order valence-electron chi connectivity index (χ2n) is 5.54. The van der Waals surface area contributed by atoms with Crippen LogP contribution in [0.5, 0.6) is 5.75 Å². The van der Waals surface area contributed by atoms with E-state index in [-0.39, 0.29) is 6.04 Å². The van der Waals surface area contributed by atoms with Gasteiger partial charge in [-0.15, -0.1) is 5.10 Å². The van der Waals surface area contributed by atoms with Gasteiger partial charge < -0.3 is 10.1 Å². The van der Waals surface area contributed by atoms with Gasteiger partial charge in [-0.25, -0.2) is 4.79 Å². The van der Waals surface area contributed by atoms with Crippen molar-refractivity contribution in [3.05, 3.63) is 24.3 Å². The Labute approximate surface area is 148 Å². The molecule has 1 atom stereocenters. The molecule has 132 valence electrons. The zero-order valence-electron chi connectivity index (χ0n) is 13.8. The summed E-state index contributed by atoms with van der Waals surface area (Å²) in [6, 6.07) is 7.01. The van der Waals surface area contributed by atoms with Gasteiger partial charge >= 0.3 is 6.03 Å². The number of thioether (sulfide) groups is 1. The second kappa shape index (κ2) is 7.51. The van der Waals surface area contributed by atoms with Crippen molar-refractivity contribution >= 4 is 23.7 Å². The van der Waals surface area contributed by atoms with Crippen molar-refractivity contribution in [1.29, 1.82) is 0 Å². The number of methoxy groups -OCH3 is 1. The summed E-state index contributed by atoms with van der Waals surface area (Å²) >= 11 is 1.15. The van der Waals surface area contributed by atoms with Crippen LogP contribution < -0.4 is 15.4 Å². The van der Waals surface area contributed by atoms with Gasteiger partial charge in [-0.2, -0.15) is 4.68 Å². The Morgan fingerprint density at radius 2 is 2.12 bits per heavy atom. The molecule has 1 aliphatic carbocycles. The molecule has 3 rings (SSSR count). The standard InChI is InChI=1S/C15H18N6O3S/c1-9(13(22)17-14(23)16-10-7-8-10)25-15-18-19-20-21(15)11-5-3-4-6-12(11)24-2/h3-6,9-10H,7-8H2,1-2H3,(H2,16,17,22,23). The monoisotopic (exact) mass is 362 g/mol. The SMILES string of the molecule is COc1ccccc1-n1nnnc1SC(C)C(=O)NC(=O)NC1CC1. The average Bonchev–Trinajstić information content (AvgIpc) is 3.30. The molecule has 2 aromatic rings. The fraction of sp³-hybridized carbons (Fsp3) is 0.400. The lowest BCUT2D eigenvalue weighted by Gasteiger charge is -2.12. The lowest BCUT2D eigenvalue weighted by molar-refractivity contribution is -0.119. The molecule has 1 aromatic carbocycles. The fourth-order valence-corrected chi connectivity index (χ4v) is 2.88. The molecule has 0 aliphatic heterocycles. The van der Waals surface area contributed by atoms with Crippen LogP contribution in [0.15, 0.2) is 29.4 Å².